The molecule has 0 spiro atoms. The lowest BCUT2D eigenvalue weighted by atomic mass is 10.1. The van der Waals surface area contributed by atoms with E-state index in [0.29, 0.717) is 12.1 Å². The number of aryl methyl sites for hydroxylation is 1. The molecule has 1 amide bonds. The predicted octanol–water partition coefficient (Wildman–Crippen LogP) is 3.69. The molecule has 0 fully saturated rings. The number of carbonyl (C=O) groups excluding carboxylic acids is 1. The Balaban J connectivity index is 1.98. The Morgan fingerprint density at radius 2 is 1.89 bits per heavy atom. The highest BCUT2D eigenvalue weighted by atomic mass is 79.9. The van der Waals surface area contributed by atoms with Gasteiger partial charge in [0.25, 0.3) is 5.91 Å². The average Bonchev–Trinajstić information content (AvgIpc) is 2.37. The minimum absolute atomic E-state index is 0.0463. The molecule has 0 saturated carbocycles. The molecule has 0 aliphatic carbocycles. The second kappa shape index (κ2) is 5.83. The molecule has 0 unspecified atom stereocenters. The highest BCUT2D eigenvalue weighted by Crippen LogP contribution is 2.11. The molecule has 92 valence electrons. The molecule has 2 rings (SSSR count). The fourth-order valence-electron chi connectivity index (χ4n) is 1.64. The second-order valence-corrected chi connectivity index (χ2v) is 5.09. The lowest BCUT2D eigenvalue weighted by Gasteiger charge is -2.06. The van der Waals surface area contributed by atoms with E-state index in [0.717, 1.165) is 15.6 Å². The molecule has 0 aliphatic rings. The van der Waals surface area contributed by atoms with E-state index in [4.69, 9.17) is 0 Å². The fourth-order valence-corrected chi connectivity index (χ4v) is 2.08. The summed E-state index contributed by atoms with van der Waals surface area (Å²) in [6.07, 6.45) is 0. The van der Waals surface area contributed by atoms with Gasteiger partial charge in [-0.3, -0.25) is 4.79 Å². The van der Waals surface area contributed by atoms with Crippen LogP contribution in [0.4, 0.5) is 0 Å². The van der Waals surface area contributed by atoms with E-state index >= 15 is 0 Å². The number of hydrogen-bond donors (Lipinski definition) is 1. The van der Waals surface area contributed by atoms with Gasteiger partial charge in [-0.2, -0.15) is 0 Å². The molecule has 2 nitrogen and oxygen atoms in total. The molecule has 2 aromatic carbocycles. The molecular formula is C15H14BrNO. The maximum Gasteiger partial charge on any atom is 0.251 e. The van der Waals surface area contributed by atoms with Crippen LogP contribution in [0.25, 0.3) is 0 Å². The van der Waals surface area contributed by atoms with E-state index in [2.05, 4.69) is 21.2 Å². The van der Waals surface area contributed by atoms with Gasteiger partial charge in [-0.25, -0.2) is 0 Å². The maximum atomic E-state index is 11.9. The van der Waals surface area contributed by atoms with Crippen molar-refractivity contribution in [2.75, 3.05) is 0 Å². The van der Waals surface area contributed by atoms with Crippen molar-refractivity contribution in [3.63, 3.8) is 0 Å². The zero-order chi connectivity index (χ0) is 13.0. The zero-order valence-corrected chi connectivity index (χ0v) is 11.7. The van der Waals surface area contributed by atoms with E-state index in [-0.39, 0.29) is 5.91 Å². The van der Waals surface area contributed by atoms with Crippen molar-refractivity contribution >= 4 is 21.8 Å². The number of halogens is 1. The molecule has 0 aromatic heterocycles. The third-order valence-electron chi connectivity index (χ3n) is 2.66. The summed E-state index contributed by atoms with van der Waals surface area (Å²) in [5.41, 5.74) is 2.92. The van der Waals surface area contributed by atoms with Crippen molar-refractivity contribution in [1.29, 1.82) is 0 Å². The Labute approximate surface area is 115 Å². The lowest BCUT2D eigenvalue weighted by molar-refractivity contribution is 0.0951. The Kier molecular flexibility index (Phi) is 4.15. The third-order valence-corrected chi connectivity index (χ3v) is 3.15. The standard InChI is InChI=1S/C15H14BrNO/c1-11-5-7-13(8-6-11)15(18)17-10-12-3-2-4-14(16)9-12/h2-9H,10H2,1H3,(H,17,18). The predicted molar refractivity (Wildman–Crippen MR) is 76.5 cm³/mol. The number of hydrogen-bond acceptors (Lipinski definition) is 1. The highest BCUT2D eigenvalue weighted by Gasteiger charge is 2.04. The van der Waals surface area contributed by atoms with Gasteiger partial charge < -0.3 is 5.32 Å². The largest absolute Gasteiger partial charge is 0.348 e. The van der Waals surface area contributed by atoms with Crippen LogP contribution in [0, 0.1) is 6.92 Å². The number of benzene rings is 2. The van der Waals surface area contributed by atoms with E-state index in [1.165, 1.54) is 0 Å². The number of nitrogens with one attached hydrogen (secondary N) is 1. The smallest absolute Gasteiger partial charge is 0.251 e. The Morgan fingerprint density at radius 3 is 2.56 bits per heavy atom. The van der Waals surface area contributed by atoms with Crippen molar-refractivity contribution < 1.29 is 4.79 Å². The van der Waals surface area contributed by atoms with Gasteiger partial charge in [-0.15, -0.1) is 0 Å². The van der Waals surface area contributed by atoms with Crippen LogP contribution in [0.1, 0.15) is 21.5 Å². The molecule has 1 N–H and O–H groups in total. The average molecular weight is 304 g/mol. The summed E-state index contributed by atoms with van der Waals surface area (Å²) >= 11 is 3.41. The van der Waals surface area contributed by atoms with Gasteiger partial charge in [0.05, 0.1) is 0 Å². The van der Waals surface area contributed by atoms with Gasteiger partial charge in [-0.05, 0) is 36.8 Å². The molecule has 0 radical (unpaired) electrons. The van der Waals surface area contributed by atoms with Crippen LogP contribution in [0.5, 0.6) is 0 Å². The molecule has 0 aliphatic heterocycles. The van der Waals surface area contributed by atoms with Gasteiger partial charge >= 0.3 is 0 Å². The lowest BCUT2D eigenvalue weighted by Crippen LogP contribution is -2.22. The first-order valence-electron chi connectivity index (χ1n) is 5.74. The van der Waals surface area contributed by atoms with Crippen LogP contribution in [0.15, 0.2) is 53.0 Å². The minimum Gasteiger partial charge on any atom is -0.348 e. The number of rotatable bonds is 3. The Bertz CT molecular complexity index is 549. The molecule has 0 saturated heterocycles. The maximum absolute atomic E-state index is 11.9. The Hall–Kier alpha value is -1.61. The monoisotopic (exact) mass is 303 g/mol. The van der Waals surface area contributed by atoms with Crippen molar-refractivity contribution in [3.8, 4) is 0 Å². The van der Waals surface area contributed by atoms with Crippen molar-refractivity contribution in [3.05, 3.63) is 69.7 Å². The van der Waals surface area contributed by atoms with Crippen molar-refractivity contribution in [2.45, 2.75) is 13.5 Å². The summed E-state index contributed by atoms with van der Waals surface area (Å²) in [5.74, 6) is -0.0463. The molecule has 18 heavy (non-hydrogen) atoms. The minimum atomic E-state index is -0.0463. The molecule has 0 heterocycles. The topological polar surface area (TPSA) is 29.1 Å². The van der Waals surface area contributed by atoms with E-state index < -0.39 is 0 Å². The third kappa shape index (κ3) is 3.44. The fraction of sp³-hybridized carbons (Fsp3) is 0.133. The van der Waals surface area contributed by atoms with Crippen LogP contribution in [0.2, 0.25) is 0 Å². The van der Waals surface area contributed by atoms with Crippen LogP contribution < -0.4 is 5.32 Å². The van der Waals surface area contributed by atoms with Gasteiger partial charge in [0.1, 0.15) is 0 Å². The molecule has 3 heteroatoms. The number of amides is 1. The first-order valence-corrected chi connectivity index (χ1v) is 6.54. The molecular weight excluding hydrogens is 290 g/mol. The van der Waals surface area contributed by atoms with E-state index in [9.17, 15) is 4.79 Å². The highest BCUT2D eigenvalue weighted by molar-refractivity contribution is 9.10. The second-order valence-electron chi connectivity index (χ2n) is 4.18. The summed E-state index contributed by atoms with van der Waals surface area (Å²) in [6, 6.07) is 15.5. The van der Waals surface area contributed by atoms with Gasteiger partial charge in [-0.1, -0.05) is 45.8 Å². The zero-order valence-electron chi connectivity index (χ0n) is 10.1. The van der Waals surface area contributed by atoms with Gasteiger partial charge in [0.15, 0.2) is 0 Å². The normalized spacial score (nSPS) is 10.1. The van der Waals surface area contributed by atoms with Gasteiger partial charge in [0.2, 0.25) is 0 Å². The van der Waals surface area contributed by atoms with Crippen molar-refractivity contribution in [2.24, 2.45) is 0 Å². The van der Waals surface area contributed by atoms with Gasteiger partial charge in [0, 0.05) is 16.6 Å². The summed E-state index contributed by atoms with van der Waals surface area (Å²) in [5, 5.41) is 2.90. The van der Waals surface area contributed by atoms with Crippen LogP contribution in [0.3, 0.4) is 0 Å². The van der Waals surface area contributed by atoms with E-state index in [1.54, 1.807) is 0 Å². The van der Waals surface area contributed by atoms with Crippen LogP contribution in [-0.2, 0) is 6.54 Å². The molecule has 0 atom stereocenters. The molecule has 2 aromatic rings. The molecule has 0 bridgehead atoms. The summed E-state index contributed by atoms with van der Waals surface area (Å²) in [7, 11) is 0. The quantitative estimate of drug-likeness (QED) is 0.920. The summed E-state index contributed by atoms with van der Waals surface area (Å²) in [6.45, 7) is 2.54. The summed E-state index contributed by atoms with van der Waals surface area (Å²) in [4.78, 5) is 11.9. The Morgan fingerprint density at radius 1 is 1.17 bits per heavy atom. The summed E-state index contributed by atoms with van der Waals surface area (Å²) < 4.78 is 1.02. The van der Waals surface area contributed by atoms with E-state index in [1.807, 2.05) is 55.5 Å². The van der Waals surface area contributed by atoms with Crippen molar-refractivity contribution in [1.82, 2.24) is 5.32 Å². The number of carbonyl (C=O) groups is 1. The first kappa shape index (κ1) is 12.8. The SMILES string of the molecule is Cc1ccc(C(=O)NCc2cccc(Br)c2)cc1. The van der Waals surface area contributed by atoms with Crippen LogP contribution >= 0.6 is 15.9 Å². The van der Waals surface area contributed by atoms with Crippen LogP contribution in [-0.4, -0.2) is 5.91 Å². The first-order chi connectivity index (χ1) is 8.65.